The van der Waals surface area contributed by atoms with Crippen molar-refractivity contribution in [2.45, 2.75) is 26.2 Å². The Balaban J connectivity index is 2.26. The van der Waals surface area contributed by atoms with Crippen molar-refractivity contribution >= 4 is 0 Å². The Bertz CT molecular complexity index is 293. The van der Waals surface area contributed by atoms with E-state index >= 15 is 0 Å². The minimum absolute atomic E-state index is 1.15. The van der Waals surface area contributed by atoms with Crippen LogP contribution in [0.15, 0.2) is 54.6 Å². The SMILES string of the molecule is C=CC(C)=CCCCc1ccccc1. The highest BCUT2D eigenvalue weighted by molar-refractivity contribution is 5.15. The highest BCUT2D eigenvalue weighted by atomic mass is 14.0. The highest BCUT2D eigenvalue weighted by Gasteiger charge is 1.90. The van der Waals surface area contributed by atoms with Crippen molar-refractivity contribution in [1.82, 2.24) is 0 Å². The fraction of sp³-hybridized carbons (Fsp3) is 0.286. The zero-order valence-electron chi connectivity index (χ0n) is 8.87. The van der Waals surface area contributed by atoms with Crippen LogP contribution in [0.2, 0.25) is 0 Å². The maximum atomic E-state index is 3.73. The third kappa shape index (κ3) is 4.08. The Morgan fingerprint density at radius 2 is 2.00 bits per heavy atom. The summed E-state index contributed by atoms with van der Waals surface area (Å²) >= 11 is 0. The van der Waals surface area contributed by atoms with Gasteiger partial charge in [-0.3, -0.25) is 0 Å². The van der Waals surface area contributed by atoms with E-state index in [1.54, 1.807) is 0 Å². The van der Waals surface area contributed by atoms with Gasteiger partial charge in [-0.25, -0.2) is 0 Å². The predicted molar refractivity (Wildman–Crippen MR) is 63.3 cm³/mol. The summed E-state index contributed by atoms with van der Waals surface area (Å²) in [6, 6.07) is 10.6. The summed E-state index contributed by atoms with van der Waals surface area (Å²) in [6.45, 7) is 5.82. The average Bonchev–Trinajstić information content (AvgIpc) is 2.25. The van der Waals surface area contributed by atoms with Crippen LogP contribution in [0, 0.1) is 0 Å². The molecular weight excluding hydrogens is 168 g/mol. The van der Waals surface area contributed by atoms with Crippen molar-refractivity contribution in [2.24, 2.45) is 0 Å². The number of rotatable bonds is 5. The van der Waals surface area contributed by atoms with Crippen molar-refractivity contribution in [3.63, 3.8) is 0 Å². The van der Waals surface area contributed by atoms with Gasteiger partial charge in [-0.2, -0.15) is 0 Å². The maximum absolute atomic E-state index is 3.73. The number of hydrogen-bond donors (Lipinski definition) is 0. The van der Waals surface area contributed by atoms with Crippen LogP contribution in [0.4, 0.5) is 0 Å². The standard InChI is InChI=1S/C14H18/c1-3-13(2)9-7-8-12-14-10-5-4-6-11-14/h3-6,9-11H,1,7-8,12H2,2H3. The molecule has 74 valence electrons. The molecule has 0 saturated carbocycles. The first-order valence-electron chi connectivity index (χ1n) is 5.16. The van der Waals surface area contributed by atoms with Gasteiger partial charge in [0.1, 0.15) is 0 Å². The van der Waals surface area contributed by atoms with E-state index in [9.17, 15) is 0 Å². The second-order valence-electron chi connectivity index (χ2n) is 3.53. The lowest BCUT2D eigenvalue weighted by molar-refractivity contribution is 0.840. The zero-order chi connectivity index (χ0) is 10.2. The molecule has 0 atom stereocenters. The number of unbranched alkanes of at least 4 members (excludes halogenated alkanes) is 1. The number of benzene rings is 1. The molecule has 1 rings (SSSR count). The molecule has 0 aliphatic carbocycles. The van der Waals surface area contributed by atoms with Gasteiger partial charge in [0.2, 0.25) is 0 Å². The molecule has 0 heteroatoms. The molecule has 0 bridgehead atoms. The normalized spacial score (nSPS) is 11.4. The minimum atomic E-state index is 1.15. The van der Waals surface area contributed by atoms with Crippen LogP contribution in [-0.2, 0) is 6.42 Å². The van der Waals surface area contributed by atoms with Crippen LogP contribution in [0.5, 0.6) is 0 Å². The molecule has 0 aromatic heterocycles. The zero-order valence-corrected chi connectivity index (χ0v) is 8.87. The van der Waals surface area contributed by atoms with Crippen LogP contribution < -0.4 is 0 Å². The topological polar surface area (TPSA) is 0 Å². The van der Waals surface area contributed by atoms with Crippen molar-refractivity contribution < 1.29 is 0 Å². The Morgan fingerprint density at radius 1 is 1.29 bits per heavy atom. The quantitative estimate of drug-likeness (QED) is 0.479. The van der Waals surface area contributed by atoms with E-state index < -0.39 is 0 Å². The molecule has 0 N–H and O–H groups in total. The summed E-state index contributed by atoms with van der Waals surface area (Å²) < 4.78 is 0. The van der Waals surface area contributed by atoms with E-state index in [0.717, 1.165) is 6.42 Å². The van der Waals surface area contributed by atoms with Gasteiger partial charge in [-0.15, -0.1) is 0 Å². The van der Waals surface area contributed by atoms with Gasteiger partial charge in [0.15, 0.2) is 0 Å². The molecule has 0 amide bonds. The van der Waals surface area contributed by atoms with Crippen molar-refractivity contribution in [1.29, 1.82) is 0 Å². The van der Waals surface area contributed by atoms with Crippen molar-refractivity contribution in [2.75, 3.05) is 0 Å². The fourth-order valence-corrected chi connectivity index (χ4v) is 1.36. The molecule has 0 nitrogen and oxygen atoms in total. The molecule has 1 aromatic carbocycles. The molecule has 1 aromatic rings. The molecular formula is C14H18. The highest BCUT2D eigenvalue weighted by Crippen LogP contribution is 2.06. The first kappa shape index (κ1) is 10.8. The minimum Gasteiger partial charge on any atom is -0.0988 e. The van der Waals surface area contributed by atoms with E-state index in [4.69, 9.17) is 0 Å². The van der Waals surface area contributed by atoms with Crippen LogP contribution in [-0.4, -0.2) is 0 Å². The summed E-state index contributed by atoms with van der Waals surface area (Å²) in [4.78, 5) is 0. The van der Waals surface area contributed by atoms with Gasteiger partial charge < -0.3 is 0 Å². The van der Waals surface area contributed by atoms with E-state index in [-0.39, 0.29) is 0 Å². The summed E-state index contributed by atoms with van der Waals surface area (Å²) in [7, 11) is 0. The van der Waals surface area contributed by atoms with E-state index in [1.807, 2.05) is 6.08 Å². The van der Waals surface area contributed by atoms with Crippen LogP contribution in [0.25, 0.3) is 0 Å². The molecule has 0 aliphatic rings. The van der Waals surface area contributed by atoms with Crippen molar-refractivity contribution in [3.05, 3.63) is 60.2 Å². The van der Waals surface area contributed by atoms with Gasteiger partial charge in [0.05, 0.1) is 0 Å². The third-order valence-electron chi connectivity index (χ3n) is 2.30. The first-order chi connectivity index (χ1) is 6.83. The summed E-state index contributed by atoms with van der Waals surface area (Å²) in [5.41, 5.74) is 2.70. The Kier molecular flexibility index (Phi) is 4.77. The van der Waals surface area contributed by atoms with E-state index in [1.165, 1.54) is 24.0 Å². The summed E-state index contributed by atoms with van der Waals surface area (Å²) in [6.07, 6.45) is 7.68. The number of hydrogen-bond acceptors (Lipinski definition) is 0. The van der Waals surface area contributed by atoms with Crippen LogP contribution in [0.1, 0.15) is 25.3 Å². The van der Waals surface area contributed by atoms with Gasteiger partial charge in [0, 0.05) is 0 Å². The molecule has 0 unspecified atom stereocenters. The second kappa shape index (κ2) is 6.20. The lowest BCUT2D eigenvalue weighted by atomic mass is 10.1. The molecule has 0 saturated heterocycles. The van der Waals surface area contributed by atoms with Crippen LogP contribution >= 0.6 is 0 Å². The summed E-state index contributed by atoms with van der Waals surface area (Å²) in [5.74, 6) is 0. The third-order valence-corrected chi connectivity index (χ3v) is 2.30. The van der Waals surface area contributed by atoms with Crippen LogP contribution in [0.3, 0.4) is 0 Å². The smallest absolute Gasteiger partial charge is 0.0276 e. The molecule has 0 aliphatic heterocycles. The first-order valence-corrected chi connectivity index (χ1v) is 5.16. The van der Waals surface area contributed by atoms with Gasteiger partial charge in [0.25, 0.3) is 0 Å². The molecule has 14 heavy (non-hydrogen) atoms. The number of allylic oxidation sites excluding steroid dienone is 3. The van der Waals surface area contributed by atoms with Gasteiger partial charge in [-0.05, 0) is 31.7 Å². The lowest BCUT2D eigenvalue weighted by Crippen LogP contribution is -1.83. The maximum Gasteiger partial charge on any atom is -0.0276 e. The predicted octanol–water partition coefficient (Wildman–Crippen LogP) is 4.14. The summed E-state index contributed by atoms with van der Waals surface area (Å²) in [5, 5.41) is 0. The van der Waals surface area contributed by atoms with Gasteiger partial charge >= 0.3 is 0 Å². The van der Waals surface area contributed by atoms with Gasteiger partial charge in [-0.1, -0.05) is 54.6 Å². The van der Waals surface area contributed by atoms with Crippen molar-refractivity contribution in [3.8, 4) is 0 Å². The monoisotopic (exact) mass is 186 g/mol. The Labute approximate surface area is 87.0 Å². The lowest BCUT2D eigenvalue weighted by Gasteiger charge is -1.98. The molecule has 0 heterocycles. The van der Waals surface area contributed by atoms with E-state index in [0.29, 0.717) is 0 Å². The van der Waals surface area contributed by atoms with E-state index in [2.05, 4.69) is 49.9 Å². The largest absolute Gasteiger partial charge is 0.0988 e. The second-order valence-corrected chi connectivity index (χ2v) is 3.53. The average molecular weight is 186 g/mol. The fourth-order valence-electron chi connectivity index (χ4n) is 1.36. The number of aryl methyl sites for hydroxylation is 1. The molecule has 0 spiro atoms. The molecule has 0 radical (unpaired) electrons. The molecule has 0 fully saturated rings. The Morgan fingerprint density at radius 3 is 2.64 bits per heavy atom. The Hall–Kier alpha value is -1.30.